The molecule has 266 valence electrons. The number of benzene rings is 4. The third-order valence-electron chi connectivity index (χ3n) is 11.8. The molecule has 2 aliphatic rings. The minimum atomic E-state index is -0.368. The number of fused-ring (bicyclic) bond motifs is 1. The fraction of sp³-hybridized carbons (Fsp3) is 0.357. The van der Waals surface area contributed by atoms with Gasteiger partial charge in [-0.2, -0.15) is 0 Å². The SMILES string of the molecule is OC[C@H]1C2(CCCC2)CCC[C@@]1(CNCc1ccc(CCc2c(O)c(O)c3c(O)cccc3c2/C=C/c2ccc(O)c(O)c2)cc1)c1cnc[nH]1. The van der Waals surface area contributed by atoms with Gasteiger partial charge in [0.15, 0.2) is 23.0 Å². The van der Waals surface area contributed by atoms with Crippen molar-refractivity contribution >= 4 is 22.9 Å². The molecule has 51 heavy (non-hydrogen) atoms. The molecule has 7 rings (SSSR count). The van der Waals surface area contributed by atoms with E-state index in [1.54, 1.807) is 36.7 Å². The van der Waals surface area contributed by atoms with Gasteiger partial charge in [0.05, 0.1) is 11.7 Å². The van der Waals surface area contributed by atoms with Gasteiger partial charge in [0.1, 0.15) is 5.75 Å². The number of hydrogen-bond acceptors (Lipinski definition) is 8. The average Bonchev–Trinajstić information content (AvgIpc) is 3.85. The number of aromatic nitrogens is 2. The second-order valence-electron chi connectivity index (χ2n) is 14.6. The van der Waals surface area contributed by atoms with Gasteiger partial charge in [0.25, 0.3) is 0 Å². The molecule has 9 heteroatoms. The molecule has 1 spiro atoms. The van der Waals surface area contributed by atoms with Crippen LogP contribution in [0.4, 0.5) is 0 Å². The summed E-state index contributed by atoms with van der Waals surface area (Å²) in [6.07, 6.45) is 16.5. The molecule has 0 unspecified atom stereocenters. The number of aliphatic hydroxyl groups excluding tert-OH is 1. The third-order valence-corrected chi connectivity index (χ3v) is 11.8. The number of aliphatic hydroxyl groups is 1. The first-order chi connectivity index (χ1) is 24.7. The Morgan fingerprint density at radius 2 is 1.55 bits per heavy atom. The van der Waals surface area contributed by atoms with E-state index in [0.29, 0.717) is 41.5 Å². The van der Waals surface area contributed by atoms with Crippen molar-refractivity contribution in [3.63, 3.8) is 0 Å². The molecular weight excluding hydrogens is 642 g/mol. The lowest BCUT2D eigenvalue weighted by Gasteiger charge is -2.53. The number of phenolic OH excluding ortho intramolecular Hbond substituents is 5. The van der Waals surface area contributed by atoms with Gasteiger partial charge >= 0.3 is 0 Å². The highest BCUT2D eigenvalue weighted by Gasteiger charge is 2.55. The Balaban J connectivity index is 1.08. The molecular formula is C42H47N3O6. The minimum Gasteiger partial charge on any atom is -0.507 e. The Kier molecular flexibility index (Phi) is 9.68. The molecule has 0 saturated heterocycles. The maximum atomic E-state index is 11.2. The van der Waals surface area contributed by atoms with Gasteiger partial charge in [0.2, 0.25) is 0 Å². The third kappa shape index (κ3) is 6.52. The Labute approximate surface area is 298 Å². The van der Waals surface area contributed by atoms with E-state index in [1.807, 2.05) is 6.20 Å². The maximum Gasteiger partial charge on any atom is 0.169 e. The van der Waals surface area contributed by atoms with Crippen LogP contribution in [0.15, 0.2) is 73.2 Å². The number of aromatic amines is 1. The monoisotopic (exact) mass is 689 g/mol. The van der Waals surface area contributed by atoms with Crippen molar-refractivity contribution in [2.75, 3.05) is 13.2 Å². The smallest absolute Gasteiger partial charge is 0.169 e. The highest BCUT2D eigenvalue weighted by atomic mass is 16.3. The predicted molar refractivity (Wildman–Crippen MR) is 199 cm³/mol. The van der Waals surface area contributed by atoms with E-state index < -0.39 is 0 Å². The Morgan fingerprint density at radius 1 is 0.784 bits per heavy atom. The first-order valence-corrected chi connectivity index (χ1v) is 18.0. The summed E-state index contributed by atoms with van der Waals surface area (Å²) in [5, 5.41) is 67.7. The van der Waals surface area contributed by atoms with E-state index in [4.69, 9.17) is 0 Å². The molecule has 1 heterocycles. The van der Waals surface area contributed by atoms with Crippen molar-refractivity contribution in [3.05, 3.63) is 107 Å². The van der Waals surface area contributed by atoms with Gasteiger partial charge in [-0.05, 0) is 95.7 Å². The number of hydrogen-bond donors (Lipinski definition) is 8. The molecule has 0 amide bonds. The van der Waals surface area contributed by atoms with Crippen molar-refractivity contribution in [3.8, 4) is 28.7 Å². The quantitative estimate of drug-likeness (QED) is 0.0525. The summed E-state index contributed by atoms with van der Waals surface area (Å²) in [5.74, 6) is -1.08. The molecule has 9 nitrogen and oxygen atoms in total. The van der Waals surface area contributed by atoms with Crippen molar-refractivity contribution in [2.24, 2.45) is 11.3 Å². The van der Waals surface area contributed by atoms with Crippen LogP contribution >= 0.6 is 0 Å². The number of rotatable bonds is 11. The van der Waals surface area contributed by atoms with Crippen LogP contribution in [0.2, 0.25) is 0 Å². The van der Waals surface area contributed by atoms with Gasteiger partial charge < -0.3 is 40.9 Å². The van der Waals surface area contributed by atoms with Gasteiger partial charge in [-0.25, -0.2) is 4.98 Å². The Hall–Kier alpha value is -4.99. The fourth-order valence-corrected chi connectivity index (χ4v) is 9.25. The molecule has 2 fully saturated rings. The van der Waals surface area contributed by atoms with Crippen molar-refractivity contribution in [1.82, 2.24) is 15.3 Å². The number of H-pyrrole nitrogens is 1. The normalized spacial score (nSPS) is 20.1. The van der Waals surface area contributed by atoms with Gasteiger partial charge in [0, 0.05) is 42.6 Å². The lowest BCUT2D eigenvalue weighted by molar-refractivity contribution is -0.0196. The minimum absolute atomic E-state index is 0.142. The number of nitrogens with one attached hydrogen (secondary N) is 2. The molecule has 2 saturated carbocycles. The van der Waals surface area contributed by atoms with Crippen LogP contribution in [0.5, 0.6) is 28.7 Å². The van der Waals surface area contributed by atoms with Gasteiger partial charge in [-0.1, -0.05) is 73.9 Å². The number of aryl methyl sites for hydroxylation is 1. The van der Waals surface area contributed by atoms with Crippen molar-refractivity contribution < 1.29 is 30.6 Å². The van der Waals surface area contributed by atoms with E-state index in [-0.39, 0.29) is 57.5 Å². The van der Waals surface area contributed by atoms with Gasteiger partial charge in [-0.3, -0.25) is 0 Å². The molecule has 2 aliphatic carbocycles. The number of nitrogens with zero attached hydrogens (tertiary/aromatic N) is 1. The molecule has 8 N–H and O–H groups in total. The molecule has 5 aromatic rings. The summed E-state index contributed by atoms with van der Waals surface area (Å²) in [5.41, 5.74) is 5.12. The molecule has 0 radical (unpaired) electrons. The first-order valence-electron chi connectivity index (χ1n) is 18.0. The summed E-state index contributed by atoms with van der Waals surface area (Å²) >= 11 is 0. The molecule has 4 aromatic carbocycles. The van der Waals surface area contributed by atoms with Crippen LogP contribution in [0.1, 0.15) is 78.5 Å². The van der Waals surface area contributed by atoms with E-state index in [0.717, 1.165) is 36.2 Å². The highest BCUT2D eigenvalue weighted by Crippen LogP contribution is 2.59. The number of imidazole rings is 1. The zero-order valence-electron chi connectivity index (χ0n) is 28.8. The topological polar surface area (TPSA) is 162 Å². The number of aromatic hydroxyl groups is 5. The van der Waals surface area contributed by atoms with Crippen molar-refractivity contribution in [2.45, 2.75) is 69.7 Å². The summed E-state index contributed by atoms with van der Waals surface area (Å²) in [6.45, 7) is 1.62. The van der Waals surface area contributed by atoms with Crippen molar-refractivity contribution in [1.29, 1.82) is 0 Å². The van der Waals surface area contributed by atoms with E-state index >= 15 is 0 Å². The second kappa shape index (κ2) is 14.3. The predicted octanol–water partition coefficient (Wildman–Crippen LogP) is 7.43. The Bertz CT molecular complexity index is 2020. The van der Waals surface area contributed by atoms with Gasteiger partial charge in [-0.15, -0.1) is 0 Å². The summed E-state index contributed by atoms with van der Waals surface area (Å²) < 4.78 is 0. The highest BCUT2D eigenvalue weighted by molar-refractivity contribution is 6.03. The first kappa shape index (κ1) is 34.5. The van der Waals surface area contributed by atoms with E-state index in [9.17, 15) is 30.6 Å². The second-order valence-corrected chi connectivity index (χ2v) is 14.6. The number of phenols is 5. The lowest BCUT2D eigenvalue weighted by atomic mass is 9.53. The van der Waals surface area contributed by atoms with Crippen LogP contribution in [0.3, 0.4) is 0 Å². The molecule has 1 aromatic heterocycles. The van der Waals surface area contributed by atoms with Crippen LogP contribution in [0, 0.1) is 11.3 Å². The zero-order chi connectivity index (χ0) is 35.6. The average molecular weight is 690 g/mol. The Morgan fingerprint density at radius 3 is 2.27 bits per heavy atom. The largest absolute Gasteiger partial charge is 0.507 e. The van der Waals surface area contributed by atoms with Crippen LogP contribution in [-0.2, 0) is 24.8 Å². The summed E-state index contributed by atoms with van der Waals surface area (Å²) in [4.78, 5) is 7.79. The maximum absolute atomic E-state index is 11.2. The molecule has 0 bridgehead atoms. The van der Waals surface area contributed by atoms with Crippen LogP contribution in [0.25, 0.3) is 22.9 Å². The fourth-order valence-electron chi connectivity index (χ4n) is 9.25. The standard InChI is InChI=1S/C42H47N3O6/c46-24-36-41(17-1-2-18-41)19-4-20-42(36,37-23-44-26-45-37)25-43-22-29-9-7-27(8-10-29)11-15-32-30(14-12-28-13-16-33(47)35(49)21-28)31-5-3-6-34(48)38(31)40(51)39(32)50/h3,5-10,12-14,16,21,23,26,36,43,46-51H,1-2,4,11,15,17-20,22,24-25H2,(H,44,45)/b14-12+/t36-,42-/m0/s1. The molecule has 0 aliphatic heterocycles. The van der Waals surface area contributed by atoms with Crippen LogP contribution in [-0.4, -0.2) is 53.8 Å². The lowest BCUT2D eigenvalue weighted by Crippen LogP contribution is -2.55. The summed E-state index contributed by atoms with van der Waals surface area (Å²) in [7, 11) is 0. The van der Waals surface area contributed by atoms with E-state index in [2.05, 4.69) is 39.6 Å². The zero-order valence-corrected chi connectivity index (χ0v) is 28.8. The summed E-state index contributed by atoms with van der Waals surface area (Å²) in [6, 6.07) is 17.8. The van der Waals surface area contributed by atoms with Crippen LogP contribution < -0.4 is 5.32 Å². The molecule has 2 atom stereocenters. The van der Waals surface area contributed by atoms with E-state index in [1.165, 1.54) is 50.3 Å².